The fourth-order valence-corrected chi connectivity index (χ4v) is 3.52. The van der Waals surface area contributed by atoms with Gasteiger partial charge in [-0.15, -0.1) is 0 Å². The van der Waals surface area contributed by atoms with Crippen LogP contribution in [0.15, 0.2) is 58.4 Å². The lowest BCUT2D eigenvalue weighted by Gasteiger charge is -2.11. The van der Waals surface area contributed by atoms with Crippen molar-refractivity contribution in [2.75, 3.05) is 10.6 Å². The molecule has 2 aromatic carbocycles. The van der Waals surface area contributed by atoms with Crippen molar-refractivity contribution in [3.8, 4) is 0 Å². The highest BCUT2D eigenvalue weighted by molar-refractivity contribution is 7.89. The normalized spacial score (nSPS) is 11.6. The lowest BCUT2D eigenvalue weighted by atomic mass is 10.2. The number of imidazole rings is 1. The summed E-state index contributed by atoms with van der Waals surface area (Å²) < 4.78 is 24.6. The van der Waals surface area contributed by atoms with Gasteiger partial charge in [-0.3, -0.25) is 4.57 Å². The van der Waals surface area contributed by atoms with Gasteiger partial charge in [0.2, 0.25) is 16.0 Å². The third-order valence-electron chi connectivity index (χ3n) is 4.56. The highest BCUT2D eigenvalue weighted by atomic mass is 32.2. The number of aromatic nitrogens is 4. The van der Waals surface area contributed by atoms with Gasteiger partial charge < -0.3 is 15.6 Å². The Kier molecular flexibility index (Phi) is 4.76. The summed E-state index contributed by atoms with van der Waals surface area (Å²) in [6, 6.07) is 11.6. The van der Waals surface area contributed by atoms with Crippen molar-refractivity contribution in [1.29, 1.82) is 0 Å². The maximum atomic E-state index is 11.8. The maximum Gasteiger partial charge on any atom is 0.326 e. The number of nitrogens with two attached hydrogens (primary N) is 1. The van der Waals surface area contributed by atoms with E-state index in [0.717, 1.165) is 16.8 Å². The van der Waals surface area contributed by atoms with Crippen molar-refractivity contribution in [2.45, 2.75) is 11.8 Å². The van der Waals surface area contributed by atoms with Crippen molar-refractivity contribution in [1.82, 2.24) is 19.5 Å². The van der Waals surface area contributed by atoms with Gasteiger partial charge in [0, 0.05) is 30.2 Å². The molecule has 2 aromatic heterocycles. The number of aromatic amines is 1. The van der Waals surface area contributed by atoms with Gasteiger partial charge in [-0.2, -0.15) is 4.98 Å². The summed E-state index contributed by atoms with van der Waals surface area (Å²) in [5, 5.41) is 11.4. The van der Waals surface area contributed by atoms with Crippen molar-refractivity contribution in [3.05, 3.63) is 64.7 Å². The molecule has 0 aliphatic carbocycles. The number of anilines is 4. The number of hydrogen-bond donors (Lipinski definition) is 4. The zero-order valence-corrected chi connectivity index (χ0v) is 17.0. The second-order valence-electron chi connectivity index (χ2n) is 6.77. The molecule has 2 heterocycles. The van der Waals surface area contributed by atoms with Crippen molar-refractivity contribution >= 4 is 44.2 Å². The average molecular weight is 425 g/mol. The molecule has 30 heavy (non-hydrogen) atoms. The molecule has 0 spiro atoms. The number of nitrogens with zero attached hydrogens (tertiary/aromatic N) is 3. The van der Waals surface area contributed by atoms with Crippen LogP contribution in [0.5, 0.6) is 0 Å². The number of hydrogen-bond acceptors (Lipinski definition) is 7. The lowest BCUT2D eigenvalue weighted by molar-refractivity contribution is 0.598. The molecule has 0 fully saturated rings. The van der Waals surface area contributed by atoms with Crippen LogP contribution in [-0.2, 0) is 17.1 Å². The highest BCUT2D eigenvalue weighted by Gasteiger charge is 2.10. The molecule has 0 bridgehead atoms. The Morgan fingerprint density at radius 1 is 1.10 bits per heavy atom. The van der Waals surface area contributed by atoms with Crippen LogP contribution in [0.25, 0.3) is 11.0 Å². The summed E-state index contributed by atoms with van der Waals surface area (Å²) in [7, 11) is -2.11. The van der Waals surface area contributed by atoms with Crippen LogP contribution in [0, 0.1) is 6.92 Å². The fourth-order valence-electron chi connectivity index (χ4n) is 2.96. The summed E-state index contributed by atoms with van der Waals surface area (Å²) >= 11 is 0. The van der Waals surface area contributed by atoms with Crippen LogP contribution in [-0.4, -0.2) is 27.9 Å². The first kappa shape index (κ1) is 19.6. The van der Waals surface area contributed by atoms with Gasteiger partial charge in [0.1, 0.15) is 5.82 Å². The molecular weight excluding hydrogens is 406 g/mol. The number of benzene rings is 2. The van der Waals surface area contributed by atoms with Gasteiger partial charge in [-0.05, 0) is 43.3 Å². The van der Waals surface area contributed by atoms with E-state index in [1.807, 2.05) is 25.1 Å². The molecule has 0 aliphatic heterocycles. The van der Waals surface area contributed by atoms with E-state index >= 15 is 0 Å². The molecule has 0 atom stereocenters. The fraction of sp³-hybridized carbons (Fsp3) is 0.105. The molecule has 4 rings (SSSR count). The molecule has 0 saturated heterocycles. The lowest BCUT2D eigenvalue weighted by Crippen LogP contribution is -2.12. The quantitative estimate of drug-likeness (QED) is 0.383. The van der Waals surface area contributed by atoms with Crippen LogP contribution in [0.2, 0.25) is 0 Å². The second kappa shape index (κ2) is 7.28. The number of primary sulfonamides is 1. The van der Waals surface area contributed by atoms with E-state index in [0.29, 0.717) is 17.0 Å². The minimum Gasteiger partial charge on any atom is -0.340 e. The molecule has 11 heteroatoms. The van der Waals surface area contributed by atoms with E-state index in [9.17, 15) is 13.2 Å². The molecule has 0 amide bonds. The van der Waals surface area contributed by atoms with Crippen molar-refractivity contribution < 1.29 is 8.42 Å². The zero-order chi connectivity index (χ0) is 21.5. The Morgan fingerprint density at radius 3 is 2.63 bits per heavy atom. The summed E-state index contributed by atoms with van der Waals surface area (Å²) in [4.78, 5) is 23.3. The highest BCUT2D eigenvalue weighted by Crippen LogP contribution is 2.23. The Morgan fingerprint density at radius 2 is 1.87 bits per heavy atom. The van der Waals surface area contributed by atoms with Crippen molar-refractivity contribution in [3.63, 3.8) is 0 Å². The first-order valence-electron chi connectivity index (χ1n) is 8.90. The van der Waals surface area contributed by atoms with E-state index in [2.05, 4.69) is 25.6 Å². The standard InChI is InChI=1S/C19H19N7O3S/c1-11-10-21-18(23-12-4-3-5-14(8-12)30(20,28)29)25-17(11)22-13-6-7-16-15(9-13)24-19(27)26(16)2/h3-10H,1-2H3,(H,24,27)(H2,20,28,29)(H2,21,22,23,25). The molecular formula is C19H19N7O3S. The van der Waals surface area contributed by atoms with E-state index < -0.39 is 10.0 Å². The summed E-state index contributed by atoms with van der Waals surface area (Å²) in [5.41, 5.74) is 3.35. The number of sulfonamides is 1. The first-order valence-corrected chi connectivity index (χ1v) is 10.4. The number of H-pyrrole nitrogens is 1. The molecule has 10 nitrogen and oxygen atoms in total. The van der Waals surface area contributed by atoms with Crippen LogP contribution in [0.1, 0.15) is 5.56 Å². The summed E-state index contributed by atoms with van der Waals surface area (Å²) in [5.74, 6) is 0.844. The van der Waals surface area contributed by atoms with Gasteiger partial charge in [0.25, 0.3) is 0 Å². The van der Waals surface area contributed by atoms with E-state index in [1.54, 1.807) is 25.4 Å². The average Bonchev–Trinajstić information content (AvgIpc) is 2.97. The smallest absolute Gasteiger partial charge is 0.326 e. The Labute approximate surface area is 171 Å². The van der Waals surface area contributed by atoms with Crippen LogP contribution in [0.3, 0.4) is 0 Å². The predicted molar refractivity (Wildman–Crippen MR) is 115 cm³/mol. The molecule has 0 aliphatic rings. The maximum absolute atomic E-state index is 11.8. The van der Waals surface area contributed by atoms with Gasteiger partial charge in [-0.1, -0.05) is 6.07 Å². The van der Waals surface area contributed by atoms with Gasteiger partial charge >= 0.3 is 5.69 Å². The van der Waals surface area contributed by atoms with Crippen molar-refractivity contribution in [2.24, 2.45) is 12.2 Å². The predicted octanol–water partition coefficient (Wildman–Crippen LogP) is 2.10. The monoisotopic (exact) mass is 425 g/mol. The second-order valence-corrected chi connectivity index (χ2v) is 8.33. The Balaban J connectivity index is 1.62. The number of fused-ring (bicyclic) bond motifs is 1. The van der Waals surface area contributed by atoms with Gasteiger partial charge in [-0.25, -0.2) is 23.3 Å². The molecule has 0 radical (unpaired) electrons. The van der Waals surface area contributed by atoms with Crippen LogP contribution in [0.4, 0.5) is 23.1 Å². The van der Waals surface area contributed by atoms with E-state index in [4.69, 9.17) is 5.14 Å². The number of aryl methyl sites for hydroxylation is 2. The zero-order valence-electron chi connectivity index (χ0n) is 16.2. The largest absolute Gasteiger partial charge is 0.340 e. The molecule has 154 valence electrons. The molecule has 0 unspecified atom stereocenters. The van der Waals surface area contributed by atoms with Crippen LogP contribution >= 0.6 is 0 Å². The number of nitrogens with one attached hydrogen (secondary N) is 3. The topological polar surface area (TPSA) is 148 Å². The third kappa shape index (κ3) is 3.88. The summed E-state index contributed by atoms with van der Waals surface area (Å²) in [6.07, 6.45) is 1.64. The minimum atomic E-state index is -3.81. The molecule has 4 aromatic rings. The Bertz CT molecular complexity index is 1420. The van der Waals surface area contributed by atoms with Crippen LogP contribution < -0.4 is 21.5 Å². The number of rotatable bonds is 5. The van der Waals surface area contributed by atoms with Gasteiger partial charge in [0.15, 0.2) is 0 Å². The minimum absolute atomic E-state index is 0.0110. The van der Waals surface area contributed by atoms with E-state index in [1.165, 1.54) is 16.7 Å². The Hall–Kier alpha value is -3.70. The SMILES string of the molecule is Cc1cnc(Nc2cccc(S(N)(=O)=O)c2)nc1Nc1ccc2c(c1)[nH]c(=O)n2C. The molecule has 5 N–H and O–H groups in total. The third-order valence-corrected chi connectivity index (χ3v) is 5.47. The molecule has 0 saturated carbocycles. The van der Waals surface area contributed by atoms with E-state index in [-0.39, 0.29) is 16.5 Å². The summed E-state index contributed by atoms with van der Waals surface area (Å²) in [6.45, 7) is 1.86. The van der Waals surface area contributed by atoms with Gasteiger partial charge in [0.05, 0.1) is 15.9 Å². The first-order chi connectivity index (χ1) is 14.2.